The van der Waals surface area contributed by atoms with Crippen LogP contribution in [0.3, 0.4) is 0 Å². The average Bonchev–Trinajstić information content (AvgIpc) is 2.86. The van der Waals surface area contributed by atoms with E-state index in [-0.39, 0.29) is 41.7 Å². The van der Waals surface area contributed by atoms with Crippen molar-refractivity contribution in [2.75, 3.05) is 6.61 Å². The highest BCUT2D eigenvalue weighted by Crippen LogP contribution is 2.69. The van der Waals surface area contributed by atoms with Crippen molar-refractivity contribution >= 4 is 11.6 Å². The SMILES string of the molecule is C[C@@H]1C[C@H]2[C@H]3CCC4=CC(=O)C=C[C@]4(C)[C@@]3(F)[C@@H](O)C[C@]2(C)[C@H]1C(=O)CO. The number of halogens is 1. The van der Waals surface area contributed by atoms with Crippen LogP contribution in [0.25, 0.3) is 0 Å². The largest absolute Gasteiger partial charge is 0.390 e. The summed E-state index contributed by atoms with van der Waals surface area (Å²) in [5.74, 6) is -1.00. The molecule has 2 N–H and O–H groups in total. The van der Waals surface area contributed by atoms with E-state index < -0.39 is 29.2 Å². The van der Waals surface area contributed by atoms with Gasteiger partial charge in [-0.25, -0.2) is 4.39 Å². The van der Waals surface area contributed by atoms with Crippen molar-refractivity contribution in [1.82, 2.24) is 0 Å². The Labute approximate surface area is 159 Å². The molecule has 0 radical (unpaired) electrons. The number of fused-ring (bicyclic) bond motifs is 5. The van der Waals surface area contributed by atoms with Gasteiger partial charge in [0.1, 0.15) is 6.61 Å². The first kappa shape index (κ1) is 19.0. The maximum atomic E-state index is 16.8. The summed E-state index contributed by atoms with van der Waals surface area (Å²) in [4.78, 5) is 24.3. The lowest BCUT2D eigenvalue weighted by atomic mass is 9.45. The van der Waals surface area contributed by atoms with Gasteiger partial charge in [0.2, 0.25) is 0 Å². The van der Waals surface area contributed by atoms with E-state index >= 15 is 4.39 Å². The Morgan fingerprint density at radius 3 is 2.70 bits per heavy atom. The highest BCUT2D eigenvalue weighted by molar-refractivity contribution is 6.01. The van der Waals surface area contributed by atoms with E-state index in [2.05, 4.69) is 0 Å². The van der Waals surface area contributed by atoms with Gasteiger partial charge in [-0.05, 0) is 62.0 Å². The molecular formula is C22H29FO4. The van der Waals surface area contributed by atoms with E-state index in [0.29, 0.717) is 12.8 Å². The maximum Gasteiger partial charge on any atom is 0.178 e. The summed E-state index contributed by atoms with van der Waals surface area (Å²) in [5.41, 5.74) is -2.59. The molecule has 0 aromatic carbocycles. The predicted molar refractivity (Wildman–Crippen MR) is 98.5 cm³/mol. The first-order chi connectivity index (χ1) is 12.6. The molecule has 148 valence electrons. The molecule has 0 aromatic heterocycles. The van der Waals surface area contributed by atoms with Crippen LogP contribution in [-0.4, -0.2) is 40.2 Å². The Hall–Kier alpha value is -1.33. The Kier molecular flexibility index (Phi) is 4.11. The number of alkyl halides is 1. The average molecular weight is 376 g/mol. The summed E-state index contributed by atoms with van der Waals surface area (Å²) in [5, 5.41) is 20.6. The molecule has 0 spiro atoms. The lowest BCUT2D eigenvalue weighted by molar-refractivity contribution is -0.195. The van der Waals surface area contributed by atoms with Crippen LogP contribution in [0, 0.1) is 34.5 Å². The molecule has 0 bridgehead atoms. The molecule has 4 rings (SSSR count). The number of Topliss-reactive ketones (excluding diaryl/α,β-unsaturated/α-hetero) is 1. The van der Waals surface area contributed by atoms with Crippen LogP contribution >= 0.6 is 0 Å². The van der Waals surface area contributed by atoms with E-state index in [1.807, 2.05) is 13.8 Å². The summed E-state index contributed by atoms with van der Waals surface area (Å²) in [6.07, 6.45) is 5.53. The van der Waals surface area contributed by atoms with Gasteiger partial charge in [-0.3, -0.25) is 9.59 Å². The number of allylic oxidation sites excluding steroid dienone is 4. The molecule has 8 atom stereocenters. The molecule has 4 aliphatic rings. The first-order valence-corrected chi connectivity index (χ1v) is 10.0. The lowest BCUT2D eigenvalue weighted by Gasteiger charge is -2.62. The molecule has 0 aliphatic heterocycles. The van der Waals surface area contributed by atoms with Crippen molar-refractivity contribution in [3.63, 3.8) is 0 Å². The summed E-state index contributed by atoms with van der Waals surface area (Å²) in [7, 11) is 0. The number of hydrogen-bond donors (Lipinski definition) is 2. The smallest absolute Gasteiger partial charge is 0.178 e. The van der Waals surface area contributed by atoms with Gasteiger partial charge in [-0.2, -0.15) is 0 Å². The predicted octanol–water partition coefficient (Wildman–Crippen LogP) is 2.78. The standard InChI is InChI=1S/C22H29FO4/c1-12-8-16-15-5-4-13-9-14(25)6-7-21(13,3)22(15,23)18(27)10-20(16,2)19(12)17(26)11-24/h6-7,9,12,15-16,18-19,24,27H,4-5,8,10-11H2,1-3H3/t12-,15-,16+,18+,19-,20+,21+,22+/m1/s1. The van der Waals surface area contributed by atoms with Gasteiger partial charge in [-0.15, -0.1) is 0 Å². The first-order valence-electron chi connectivity index (χ1n) is 10.0. The zero-order valence-electron chi connectivity index (χ0n) is 16.2. The van der Waals surface area contributed by atoms with E-state index in [1.54, 1.807) is 13.0 Å². The quantitative estimate of drug-likeness (QED) is 0.777. The van der Waals surface area contributed by atoms with Crippen LogP contribution in [0.2, 0.25) is 0 Å². The Bertz CT molecular complexity index is 757. The molecule has 0 aromatic rings. The lowest BCUT2D eigenvalue weighted by Crippen LogP contribution is -2.66. The van der Waals surface area contributed by atoms with Gasteiger partial charge in [0.15, 0.2) is 17.2 Å². The molecule has 5 heteroatoms. The monoisotopic (exact) mass is 376 g/mol. The van der Waals surface area contributed by atoms with Crippen LogP contribution < -0.4 is 0 Å². The number of carbonyl (C=O) groups is 2. The van der Waals surface area contributed by atoms with Crippen molar-refractivity contribution in [2.24, 2.45) is 34.5 Å². The summed E-state index contributed by atoms with van der Waals surface area (Å²) < 4.78 is 16.8. The van der Waals surface area contributed by atoms with E-state index in [1.165, 1.54) is 12.2 Å². The zero-order chi connectivity index (χ0) is 19.8. The third-order valence-corrected chi connectivity index (χ3v) is 8.48. The number of aliphatic hydroxyl groups is 2. The second-order valence-corrected chi connectivity index (χ2v) is 9.67. The fraction of sp³-hybridized carbons (Fsp3) is 0.727. The second kappa shape index (κ2) is 5.84. The zero-order valence-corrected chi connectivity index (χ0v) is 16.2. The van der Waals surface area contributed by atoms with Crippen molar-refractivity contribution < 1.29 is 24.2 Å². The topological polar surface area (TPSA) is 74.6 Å². The van der Waals surface area contributed by atoms with Gasteiger partial charge < -0.3 is 10.2 Å². The molecule has 3 saturated carbocycles. The third kappa shape index (κ3) is 2.21. The van der Waals surface area contributed by atoms with Gasteiger partial charge in [0.25, 0.3) is 0 Å². The van der Waals surface area contributed by atoms with E-state index in [4.69, 9.17) is 0 Å². The maximum absolute atomic E-state index is 16.8. The fourth-order valence-corrected chi connectivity index (χ4v) is 7.36. The second-order valence-electron chi connectivity index (χ2n) is 9.67. The fourth-order valence-electron chi connectivity index (χ4n) is 7.36. The molecule has 4 aliphatic carbocycles. The number of ketones is 2. The minimum Gasteiger partial charge on any atom is -0.390 e. The minimum absolute atomic E-state index is 0.0224. The molecule has 0 unspecified atom stereocenters. The van der Waals surface area contributed by atoms with E-state index in [9.17, 15) is 19.8 Å². The van der Waals surface area contributed by atoms with Crippen LogP contribution in [0.15, 0.2) is 23.8 Å². The molecule has 0 amide bonds. The Balaban J connectivity index is 1.80. The van der Waals surface area contributed by atoms with Crippen LogP contribution in [0.5, 0.6) is 0 Å². The molecule has 27 heavy (non-hydrogen) atoms. The van der Waals surface area contributed by atoms with Crippen LogP contribution in [0.4, 0.5) is 4.39 Å². The van der Waals surface area contributed by atoms with Gasteiger partial charge in [-0.1, -0.05) is 25.5 Å². The third-order valence-electron chi connectivity index (χ3n) is 8.48. The molecule has 0 heterocycles. The van der Waals surface area contributed by atoms with Gasteiger partial charge >= 0.3 is 0 Å². The number of aliphatic hydroxyl groups excluding tert-OH is 2. The minimum atomic E-state index is -1.85. The molecular weight excluding hydrogens is 347 g/mol. The highest BCUT2D eigenvalue weighted by Gasteiger charge is 2.71. The number of hydrogen-bond acceptors (Lipinski definition) is 4. The van der Waals surface area contributed by atoms with Crippen molar-refractivity contribution in [2.45, 2.75) is 58.2 Å². The van der Waals surface area contributed by atoms with Crippen LogP contribution in [-0.2, 0) is 9.59 Å². The van der Waals surface area contributed by atoms with Crippen molar-refractivity contribution in [3.05, 3.63) is 23.8 Å². The summed E-state index contributed by atoms with van der Waals surface area (Å²) in [6.45, 7) is 5.29. The normalized spacial score (nSPS) is 51.3. The molecule has 4 nitrogen and oxygen atoms in total. The van der Waals surface area contributed by atoms with Gasteiger partial charge in [0, 0.05) is 17.3 Å². The molecule has 3 fully saturated rings. The van der Waals surface area contributed by atoms with Crippen molar-refractivity contribution in [3.8, 4) is 0 Å². The molecule has 0 saturated heterocycles. The van der Waals surface area contributed by atoms with Crippen molar-refractivity contribution in [1.29, 1.82) is 0 Å². The number of carbonyl (C=O) groups excluding carboxylic acids is 2. The van der Waals surface area contributed by atoms with Crippen LogP contribution in [0.1, 0.15) is 46.5 Å². The Morgan fingerprint density at radius 2 is 2.04 bits per heavy atom. The van der Waals surface area contributed by atoms with Gasteiger partial charge in [0.05, 0.1) is 6.10 Å². The summed E-state index contributed by atoms with van der Waals surface area (Å²) >= 11 is 0. The highest BCUT2D eigenvalue weighted by atomic mass is 19.1. The number of rotatable bonds is 2. The Morgan fingerprint density at radius 1 is 1.33 bits per heavy atom. The van der Waals surface area contributed by atoms with E-state index in [0.717, 1.165) is 12.0 Å². The summed E-state index contributed by atoms with van der Waals surface area (Å²) in [6, 6.07) is 0.